The Hall–Kier alpha value is -0.950. The van der Waals surface area contributed by atoms with Crippen molar-refractivity contribution in [3.05, 3.63) is 0 Å². The van der Waals surface area contributed by atoms with Gasteiger partial charge in [-0.15, -0.1) is 0 Å². The van der Waals surface area contributed by atoms with Crippen molar-refractivity contribution in [3.8, 4) is 0 Å². The first-order valence-corrected chi connectivity index (χ1v) is 10.9. The van der Waals surface area contributed by atoms with Gasteiger partial charge < -0.3 is 5.32 Å². The second kappa shape index (κ2) is 9.51. The van der Waals surface area contributed by atoms with Crippen LogP contribution in [0.15, 0.2) is 4.99 Å². The summed E-state index contributed by atoms with van der Waals surface area (Å²) in [6.07, 6.45) is 1.38. The number of hydrogen-bond acceptors (Lipinski definition) is 8. The number of guanidine groups is 1. The van der Waals surface area contributed by atoms with Gasteiger partial charge in [0, 0.05) is 12.6 Å². The summed E-state index contributed by atoms with van der Waals surface area (Å²) < 4.78 is 56.1. The molecule has 142 valence electrons. The van der Waals surface area contributed by atoms with E-state index in [-0.39, 0.29) is 31.0 Å². The maximum atomic E-state index is 11.8. The minimum absolute atomic E-state index is 0.0170. The van der Waals surface area contributed by atoms with Gasteiger partial charge in [0.1, 0.15) is 0 Å². The molecule has 0 radical (unpaired) electrons. The summed E-state index contributed by atoms with van der Waals surface area (Å²) in [5.41, 5.74) is 0. The Morgan fingerprint density at radius 3 is 2.58 bits per heavy atom. The molecule has 3 N–H and O–H groups in total. The molecule has 0 amide bonds. The minimum atomic E-state index is -3.75. The third-order valence-corrected chi connectivity index (χ3v) is 5.51. The molecule has 1 heterocycles. The van der Waals surface area contributed by atoms with Gasteiger partial charge in [0.05, 0.1) is 25.7 Å². The quantitative estimate of drug-likeness (QED) is 0.446. The molecule has 0 spiro atoms. The van der Waals surface area contributed by atoms with E-state index in [9.17, 15) is 16.8 Å². The van der Waals surface area contributed by atoms with Crippen LogP contribution in [0.25, 0.3) is 0 Å². The fraction of sp³-hybridized carbons (Fsp3) is 0.917. The number of sulfonamides is 1. The fourth-order valence-electron chi connectivity index (χ4n) is 1.81. The van der Waals surface area contributed by atoms with Gasteiger partial charge in [-0.05, 0) is 20.3 Å². The van der Waals surface area contributed by atoms with Gasteiger partial charge >= 0.3 is 10.3 Å². The molecular weight excluding hydrogens is 358 g/mol. The number of unbranched alkanes of at least 4 members (excludes halogenated alkanes) is 1. The van der Waals surface area contributed by atoms with Gasteiger partial charge in [0.25, 0.3) is 0 Å². The predicted molar refractivity (Wildman–Crippen MR) is 92.0 cm³/mol. The van der Waals surface area contributed by atoms with Crippen LogP contribution in [-0.2, 0) is 24.5 Å². The molecule has 12 heteroatoms. The van der Waals surface area contributed by atoms with E-state index in [1.54, 1.807) is 18.7 Å². The van der Waals surface area contributed by atoms with Gasteiger partial charge in [0.15, 0.2) is 0 Å². The molecule has 24 heavy (non-hydrogen) atoms. The van der Waals surface area contributed by atoms with Crippen molar-refractivity contribution in [1.82, 2.24) is 19.7 Å². The van der Waals surface area contributed by atoms with Crippen LogP contribution in [0.1, 0.15) is 33.6 Å². The van der Waals surface area contributed by atoms with Crippen molar-refractivity contribution in [1.29, 1.82) is 0 Å². The molecule has 1 rings (SSSR count). The SMILES string of the molecule is CCCCS(=O)(=O)NC1=NCN(CCOS(=O)(=O)NC(C)C)CN1. The van der Waals surface area contributed by atoms with Gasteiger partial charge in [-0.3, -0.25) is 13.8 Å². The van der Waals surface area contributed by atoms with Gasteiger partial charge in [0.2, 0.25) is 16.0 Å². The second-order valence-corrected chi connectivity index (χ2v) is 8.92. The van der Waals surface area contributed by atoms with Crippen molar-refractivity contribution in [2.24, 2.45) is 4.99 Å². The second-order valence-electron chi connectivity index (χ2n) is 5.70. The van der Waals surface area contributed by atoms with Crippen LogP contribution in [0.5, 0.6) is 0 Å². The maximum Gasteiger partial charge on any atom is 0.336 e. The third-order valence-electron chi connectivity index (χ3n) is 2.94. The van der Waals surface area contributed by atoms with Crippen molar-refractivity contribution in [2.75, 3.05) is 32.2 Å². The van der Waals surface area contributed by atoms with Crippen molar-refractivity contribution in [3.63, 3.8) is 0 Å². The number of hydrogen-bond donors (Lipinski definition) is 3. The van der Waals surface area contributed by atoms with Crippen LogP contribution in [0.3, 0.4) is 0 Å². The Kier molecular flexibility index (Phi) is 8.36. The smallest absolute Gasteiger partial charge is 0.336 e. The molecule has 0 atom stereocenters. The largest absolute Gasteiger partial charge is 0.343 e. The molecule has 1 aliphatic heterocycles. The van der Waals surface area contributed by atoms with E-state index in [4.69, 9.17) is 4.18 Å². The number of rotatable bonds is 10. The molecule has 0 aromatic heterocycles. The summed E-state index contributed by atoms with van der Waals surface area (Å²) in [6.45, 7) is 6.24. The van der Waals surface area contributed by atoms with Crippen LogP contribution in [0.2, 0.25) is 0 Å². The maximum absolute atomic E-state index is 11.8. The summed E-state index contributed by atoms with van der Waals surface area (Å²) in [4.78, 5) is 5.87. The lowest BCUT2D eigenvalue weighted by Gasteiger charge is -2.26. The Balaban J connectivity index is 2.36. The van der Waals surface area contributed by atoms with Crippen LogP contribution in [0, 0.1) is 0 Å². The predicted octanol–water partition coefficient (Wildman–Crippen LogP) is -0.858. The van der Waals surface area contributed by atoms with Crippen molar-refractivity contribution in [2.45, 2.75) is 39.7 Å². The first-order valence-electron chi connectivity index (χ1n) is 7.81. The van der Waals surface area contributed by atoms with E-state index >= 15 is 0 Å². The van der Waals surface area contributed by atoms with Crippen LogP contribution in [-0.4, -0.2) is 66.0 Å². The highest BCUT2D eigenvalue weighted by Crippen LogP contribution is 1.98. The lowest BCUT2D eigenvalue weighted by atomic mass is 10.4. The summed E-state index contributed by atoms with van der Waals surface area (Å²) >= 11 is 0. The first-order chi connectivity index (χ1) is 11.1. The van der Waals surface area contributed by atoms with E-state index in [2.05, 4.69) is 19.8 Å². The highest BCUT2D eigenvalue weighted by atomic mass is 32.2. The molecule has 0 saturated carbocycles. The van der Waals surface area contributed by atoms with Crippen LogP contribution < -0.4 is 14.8 Å². The zero-order valence-electron chi connectivity index (χ0n) is 14.3. The lowest BCUT2D eigenvalue weighted by molar-refractivity contribution is 0.203. The Morgan fingerprint density at radius 2 is 2.04 bits per heavy atom. The van der Waals surface area contributed by atoms with Gasteiger partial charge in [-0.25, -0.2) is 13.4 Å². The molecule has 0 unspecified atom stereocenters. The monoisotopic (exact) mass is 385 g/mol. The van der Waals surface area contributed by atoms with E-state index in [1.165, 1.54) is 0 Å². The molecule has 10 nitrogen and oxygen atoms in total. The van der Waals surface area contributed by atoms with Crippen LogP contribution >= 0.6 is 0 Å². The highest BCUT2D eigenvalue weighted by Gasteiger charge is 2.18. The average Bonchev–Trinajstić information content (AvgIpc) is 2.45. The molecule has 0 bridgehead atoms. The normalized spacial score (nSPS) is 16.8. The topological polar surface area (TPSA) is 129 Å². The Labute approximate surface area is 144 Å². The molecular formula is C12H27N5O5S2. The molecule has 0 aliphatic carbocycles. The summed E-state index contributed by atoms with van der Waals surface area (Å²) in [6, 6.07) is -0.237. The van der Waals surface area contributed by atoms with Gasteiger partial charge in [-0.1, -0.05) is 13.3 Å². The number of nitrogens with one attached hydrogen (secondary N) is 3. The van der Waals surface area contributed by atoms with E-state index in [0.29, 0.717) is 19.6 Å². The molecule has 1 aliphatic rings. The minimum Gasteiger partial charge on any atom is -0.343 e. The Morgan fingerprint density at radius 1 is 1.33 bits per heavy atom. The number of nitrogens with zero attached hydrogens (tertiary/aromatic N) is 2. The first kappa shape index (κ1) is 21.1. The summed E-state index contributed by atoms with van der Waals surface area (Å²) in [5.74, 6) is 0.264. The molecule has 0 saturated heterocycles. The molecule has 0 aromatic rings. The standard InChI is InChI=1S/C12H27N5O5S2/c1-4-5-8-23(18,19)16-12-13-9-17(10-14-12)6-7-22-24(20,21)15-11(2)3/h11,15H,4-10H2,1-3H3,(H2,13,14,16). The lowest BCUT2D eigenvalue weighted by Crippen LogP contribution is -2.51. The number of aliphatic imine (C=N–C) groups is 1. The highest BCUT2D eigenvalue weighted by molar-refractivity contribution is 7.90. The third kappa shape index (κ3) is 8.78. The molecule has 0 fully saturated rings. The zero-order chi connectivity index (χ0) is 18.2. The van der Waals surface area contributed by atoms with E-state index < -0.39 is 20.3 Å². The fourth-order valence-corrected chi connectivity index (χ4v) is 3.95. The average molecular weight is 386 g/mol. The summed E-state index contributed by atoms with van der Waals surface area (Å²) in [5, 5.41) is 2.85. The van der Waals surface area contributed by atoms with Gasteiger partial charge in [-0.2, -0.15) is 13.1 Å². The molecule has 0 aromatic carbocycles. The van der Waals surface area contributed by atoms with Crippen molar-refractivity contribution < 1.29 is 21.0 Å². The van der Waals surface area contributed by atoms with Crippen LogP contribution in [0.4, 0.5) is 0 Å². The summed E-state index contributed by atoms with van der Waals surface area (Å²) in [7, 11) is -7.13. The van der Waals surface area contributed by atoms with E-state index in [1.807, 2.05) is 6.92 Å². The Bertz CT molecular complexity index is 618. The van der Waals surface area contributed by atoms with Crippen molar-refractivity contribution >= 4 is 26.3 Å². The zero-order valence-corrected chi connectivity index (χ0v) is 15.9. The van der Waals surface area contributed by atoms with E-state index in [0.717, 1.165) is 6.42 Å².